The van der Waals surface area contributed by atoms with Crippen LogP contribution >= 0.6 is 0 Å². The van der Waals surface area contributed by atoms with Crippen molar-refractivity contribution in [3.05, 3.63) is 41.9 Å². The number of pyridine rings is 1. The van der Waals surface area contributed by atoms with E-state index in [1.54, 1.807) is 12.3 Å². The van der Waals surface area contributed by atoms with Gasteiger partial charge in [-0.25, -0.2) is 4.98 Å². The molecule has 2 heterocycles. The molecule has 0 amide bonds. The van der Waals surface area contributed by atoms with E-state index in [9.17, 15) is 13.2 Å². The van der Waals surface area contributed by atoms with Crippen molar-refractivity contribution in [1.82, 2.24) is 20.2 Å². The van der Waals surface area contributed by atoms with Gasteiger partial charge in [0.25, 0.3) is 0 Å². The number of H-pyrrole nitrogens is 1. The lowest BCUT2D eigenvalue weighted by Gasteiger charge is -2.19. The van der Waals surface area contributed by atoms with Crippen LogP contribution in [0.25, 0.3) is 22.3 Å². The normalized spacial score (nSPS) is 12.8. The van der Waals surface area contributed by atoms with Crippen LogP contribution in [0.15, 0.2) is 30.5 Å². The molecular formula is C16H15F3N4. The summed E-state index contributed by atoms with van der Waals surface area (Å²) < 4.78 is 37.8. The minimum absolute atomic E-state index is 0.0222. The first-order valence-electron chi connectivity index (χ1n) is 7.05. The Kier molecular flexibility index (Phi) is 3.39. The summed E-state index contributed by atoms with van der Waals surface area (Å²) >= 11 is 0. The minimum atomic E-state index is -4.55. The molecule has 0 aliphatic rings. The molecule has 3 rings (SSSR count). The molecule has 7 heteroatoms. The SMILES string of the molecule is CC(C)(C)c1ccc2cnc(-c3n[nH]c(C(F)(F)F)n3)cc2c1. The Morgan fingerprint density at radius 1 is 1.00 bits per heavy atom. The zero-order chi connectivity index (χ0) is 16.8. The first-order chi connectivity index (χ1) is 10.6. The molecule has 0 saturated carbocycles. The van der Waals surface area contributed by atoms with E-state index in [2.05, 4.69) is 35.8 Å². The highest BCUT2D eigenvalue weighted by atomic mass is 19.4. The Hall–Kier alpha value is -2.44. The van der Waals surface area contributed by atoms with Crippen molar-refractivity contribution in [2.24, 2.45) is 0 Å². The number of aromatic amines is 1. The third-order valence-corrected chi connectivity index (χ3v) is 3.57. The van der Waals surface area contributed by atoms with Crippen LogP contribution < -0.4 is 0 Å². The number of aromatic nitrogens is 4. The molecule has 120 valence electrons. The van der Waals surface area contributed by atoms with Gasteiger partial charge in [0.15, 0.2) is 5.82 Å². The molecule has 2 aromatic heterocycles. The van der Waals surface area contributed by atoms with Crippen LogP contribution in [-0.4, -0.2) is 20.2 Å². The van der Waals surface area contributed by atoms with E-state index in [1.165, 1.54) is 0 Å². The van der Waals surface area contributed by atoms with Crippen LogP contribution in [0.5, 0.6) is 0 Å². The molecule has 23 heavy (non-hydrogen) atoms. The van der Waals surface area contributed by atoms with Crippen molar-refractivity contribution in [3.8, 4) is 11.5 Å². The summed E-state index contributed by atoms with van der Waals surface area (Å²) in [6, 6.07) is 7.69. The van der Waals surface area contributed by atoms with Gasteiger partial charge >= 0.3 is 6.18 Å². The summed E-state index contributed by atoms with van der Waals surface area (Å²) in [5, 5.41) is 7.31. The topological polar surface area (TPSA) is 54.5 Å². The van der Waals surface area contributed by atoms with Crippen molar-refractivity contribution in [3.63, 3.8) is 0 Å². The average molecular weight is 320 g/mol. The maximum Gasteiger partial charge on any atom is 0.451 e. The van der Waals surface area contributed by atoms with Gasteiger partial charge in [-0.1, -0.05) is 39.0 Å². The summed E-state index contributed by atoms with van der Waals surface area (Å²) in [5.41, 5.74) is 1.41. The molecule has 0 aliphatic carbocycles. The van der Waals surface area contributed by atoms with Gasteiger partial charge in [-0.05, 0) is 22.4 Å². The second-order valence-electron chi connectivity index (χ2n) is 6.39. The van der Waals surface area contributed by atoms with Gasteiger partial charge in [0, 0.05) is 11.6 Å². The van der Waals surface area contributed by atoms with Gasteiger partial charge < -0.3 is 0 Å². The third-order valence-electron chi connectivity index (χ3n) is 3.57. The number of rotatable bonds is 1. The Bertz CT molecular complexity index is 860. The summed E-state index contributed by atoms with van der Waals surface area (Å²) in [6.07, 6.45) is -2.94. The molecule has 1 N–H and O–H groups in total. The standard InChI is InChI=1S/C16H15F3N4/c1-15(2,3)11-5-4-9-8-20-12(7-10(9)6-11)13-21-14(23-22-13)16(17,18)19/h4-8H,1-3H3,(H,21,22,23). The van der Waals surface area contributed by atoms with E-state index in [4.69, 9.17) is 0 Å². The van der Waals surface area contributed by atoms with E-state index < -0.39 is 12.0 Å². The van der Waals surface area contributed by atoms with Crippen LogP contribution in [0.2, 0.25) is 0 Å². The molecule has 0 radical (unpaired) electrons. The van der Waals surface area contributed by atoms with E-state index in [0.29, 0.717) is 5.69 Å². The van der Waals surface area contributed by atoms with Gasteiger partial charge in [-0.2, -0.15) is 18.3 Å². The average Bonchev–Trinajstić information content (AvgIpc) is 2.95. The molecule has 1 aromatic carbocycles. The van der Waals surface area contributed by atoms with Gasteiger partial charge in [-0.15, -0.1) is 0 Å². The molecule has 0 aliphatic heterocycles. The van der Waals surface area contributed by atoms with Gasteiger partial charge in [0.05, 0.1) is 0 Å². The Morgan fingerprint density at radius 3 is 2.35 bits per heavy atom. The quantitative estimate of drug-likeness (QED) is 0.726. The fraction of sp³-hybridized carbons (Fsp3) is 0.312. The number of nitrogens with zero attached hydrogens (tertiary/aromatic N) is 3. The Labute approximate surface area is 130 Å². The third kappa shape index (κ3) is 3.04. The lowest BCUT2D eigenvalue weighted by molar-refractivity contribution is -0.144. The molecule has 0 spiro atoms. The van der Waals surface area contributed by atoms with Crippen LogP contribution in [0, 0.1) is 0 Å². The fourth-order valence-electron chi connectivity index (χ4n) is 2.23. The van der Waals surface area contributed by atoms with Crippen LogP contribution in [0.4, 0.5) is 13.2 Å². The summed E-state index contributed by atoms with van der Waals surface area (Å²) in [4.78, 5) is 7.63. The van der Waals surface area contributed by atoms with Crippen LogP contribution in [0.1, 0.15) is 32.2 Å². The second-order valence-corrected chi connectivity index (χ2v) is 6.39. The first kappa shape index (κ1) is 15.5. The van der Waals surface area contributed by atoms with Gasteiger partial charge in [0.1, 0.15) is 5.69 Å². The second kappa shape index (κ2) is 5.04. The van der Waals surface area contributed by atoms with Crippen molar-refractivity contribution >= 4 is 10.8 Å². The maximum absolute atomic E-state index is 12.6. The summed E-state index contributed by atoms with van der Waals surface area (Å²) in [7, 11) is 0. The first-order valence-corrected chi connectivity index (χ1v) is 7.05. The zero-order valence-corrected chi connectivity index (χ0v) is 12.9. The number of hydrogen-bond donors (Lipinski definition) is 1. The smallest absolute Gasteiger partial charge is 0.255 e. The molecule has 3 aromatic rings. The predicted molar refractivity (Wildman–Crippen MR) is 80.8 cm³/mol. The highest BCUT2D eigenvalue weighted by molar-refractivity contribution is 5.85. The van der Waals surface area contributed by atoms with Crippen molar-refractivity contribution in [1.29, 1.82) is 0 Å². The van der Waals surface area contributed by atoms with E-state index in [1.807, 2.05) is 23.3 Å². The molecule has 0 saturated heterocycles. The molecule has 0 fully saturated rings. The highest BCUT2D eigenvalue weighted by Gasteiger charge is 2.35. The van der Waals surface area contributed by atoms with E-state index in [0.717, 1.165) is 16.3 Å². The van der Waals surface area contributed by atoms with E-state index in [-0.39, 0.29) is 11.2 Å². The Morgan fingerprint density at radius 2 is 1.74 bits per heavy atom. The molecule has 0 bridgehead atoms. The van der Waals surface area contributed by atoms with Crippen molar-refractivity contribution < 1.29 is 13.2 Å². The Balaban J connectivity index is 2.07. The number of halogens is 3. The lowest BCUT2D eigenvalue weighted by Crippen LogP contribution is -2.10. The summed E-state index contributed by atoms with van der Waals surface area (Å²) in [5.74, 6) is -1.20. The maximum atomic E-state index is 12.6. The van der Waals surface area contributed by atoms with Crippen molar-refractivity contribution in [2.45, 2.75) is 32.4 Å². The lowest BCUT2D eigenvalue weighted by atomic mass is 9.86. The molecule has 0 unspecified atom stereocenters. The molecule has 0 atom stereocenters. The van der Waals surface area contributed by atoms with E-state index >= 15 is 0 Å². The highest BCUT2D eigenvalue weighted by Crippen LogP contribution is 2.29. The largest absolute Gasteiger partial charge is 0.451 e. The van der Waals surface area contributed by atoms with Gasteiger partial charge in [0.2, 0.25) is 5.82 Å². The molecular weight excluding hydrogens is 305 g/mol. The molecule has 4 nitrogen and oxygen atoms in total. The van der Waals surface area contributed by atoms with Crippen molar-refractivity contribution in [2.75, 3.05) is 0 Å². The summed E-state index contributed by atoms with van der Waals surface area (Å²) in [6.45, 7) is 6.30. The number of alkyl halides is 3. The van der Waals surface area contributed by atoms with Crippen LogP contribution in [0.3, 0.4) is 0 Å². The van der Waals surface area contributed by atoms with Crippen LogP contribution in [-0.2, 0) is 11.6 Å². The number of hydrogen-bond acceptors (Lipinski definition) is 3. The predicted octanol–water partition coefficient (Wildman–Crippen LogP) is 4.34. The number of nitrogens with one attached hydrogen (secondary N) is 1. The minimum Gasteiger partial charge on any atom is -0.255 e. The number of fused-ring (bicyclic) bond motifs is 1. The fourth-order valence-corrected chi connectivity index (χ4v) is 2.23. The number of benzene rings is 1. The monoisotopic (exact) mass is 320 g/mol. The zero-order valence-electron chi connectivity index (χ0n) is 12.9. The van der Waals surface area contributed by atoms with Gasteiger partial charge in [-0.3, -0.25) is 10.1 Å².